The second kappa shape index (κ2) is 48.6. The molecule has 0 bridgehead atoms. The van der Waals surface area contributed by atoms with E-state index in [2.05, 4.69) is 13.8 Å². The quantitative estimate of drug-likeness (QED) is 0.0369. The lowest BCUT2D eigenvalue weighted by Gasteiger charge is -2.47. The zero-order valence-electron chi connectivity index (χ0n) is 139. The van der Waals surface area contributed by atoms with Gasteiger partial charge in [0, 0.05) is 149 Å². The van der Waals surface area contributed by atoms with Crippen molar-refractivity contribution in [2.24, 2.45) is 69.9 Å². The van der Waals surface area contributed by atoms with Gasteiger partial charge >= 0.3 is 0 Å². The Morgan fingerprint density at radius 1 is 0.307 bits per heavy atom. The van der Waals surface area contributed by atoms with Gasteiger partial charge in [-0.15, -0.1) is 0 Å². The van der Waals surface area contributed by atoms with Gasteiger partial charge in [-0.25, -0.2) is 0 Å². The monoisotopic (exact) mass is 2000 g/mol. The summed E-state index contributed by atoms with van der Waals surface area (Å²) in [7, 11) is 2.77. The Morgan fingerprint density at radius 2 is 0.507 bits per heavy atom. The maximum absolute atomic E-state index is 11.1. The summed E-state index contributed by atoms with van der Waals surface area (Å²) >= 11 is 0. The van der Waals surface area contributed by atoms with E-state index in [1.165, 1.54) is 88.5 Å². The zero-order valence-corrected chi connectivity index (χ0v) is 83.7. The summed E-state index contributed by atoms with van der Waals surface area (Å²) in [5, 5.41) is 66.3. The van der Waals surface area contributed by atoms with Crippen molar-refractivity contribution in [2.75, 3.05) is 164 Å². The molecule has 0 amide bonds. The van der Waals surface area contributed by atoms with Gasteiger partial charge in [0.25, 0.3) is 0 Å². The van der Waals surface area contributed by atoms with Gasteiger partial charge in [0.15, 0.2) is 69.0 Å². The molecular formula is C116H178N6O18. The summed E-state index contributed by atoms with van der Waals surface area (Å²) < 4.78 is 521. The average Bonchev–Trinajstić information content (AvgIpc) is 0.672. The summed E-state index contributed by atoms with van der Waals surface area (Å²) in [6.07, 6.45) is -26.2. The molecule has 18 unspecified atom stereocenters. The van der Waals surface area contributed by atoms with E-state index < -0.39 is 236 Å². The molecule has 6 fully saturated rings. The largest absolute Gasteiger partial charge is 0.493 e. The van der Waals surface area contributed by atoms with Crippen LogP contribution >= 0.6 is 0 Å². The number of methoxy groups -OCH3 is 12. The molecule has 6 saturated heterocycles. The molecular weight excluding hydrogens is 1770 g/mol. The molecule has 140 heavy (non-hydrogen) atoms. The maximum Gasteiger partial charge on any atom is 0.161 e. The first kappa shape index (κ1) is 57.5. The van der Waals surface area contributed by atoms with Crippen LogP contribution in [0.3, 0.4) is 0 Å². The number of piperidine rings is 6. The summed E-state index contributed by atoms with van der Waals surface area (Å²) in [4.78, 5) is 9.02. The van der Waals surface area contributed by atoms with Crippen LogP contribution in [0.5, 0.6) is 69.0 Å². The van der Waals surface area contributed by atoms with Crippen LogP contribution in [0, 0.1) is 69.9 Å². The third-order valence-electron chi connectivity index (χ3n) is 26.2. The van der Waals surface area contributed by atoms with Gasteiger partial charge in [0.05, 0.1) is 163 Å². The molecule has 0 aliphatic carbocycles. The van der Waals surface area contributed by atoms with E-state index in [9.17, 15) is 38.9 Å². The van der Waals surface area contributed by atoms with E-state index in [1.807, 2.05) is 32.6 Å². The Labute approximate surface area is 917 Å². The highest BCUT2D eigenvalue weighted by Gasteiger charge is 2.47. The molecule has 6 aromatic carbocycles. The molecule has 0 saturated carbocycles. The van der Waals surface area contributed by atoms with Crippen molar-refractivity contribution in [1.82, 2.24) is 29.4 Å². The highest BCUT2D eigenvalue weighted by Crippen LogP contribution is 2.53. The first-order valence-electron chi connectivity index (χ1n) is 75.1. The highest BCUT2D eigenvalue weighted by atomic mass is 16.5. The van der Waals surface area contributed by atoms with Gasteiger partial charge in [0.1, 0.15) is 0 Å². The van der Waals surface area contributed by atoms with E-state index in [-0.39, 0.29) is 314 Å². The Bertz CT molecular complexity index is 7660. The number of ether oxygens (including phenoxy) is 12. The van der Waals surface area contributed by atoms with Crippen LogP contribution in [-0.4, -0.2) is 260 Å². The number of nitrogens with zero attached hydrogens (tertiary/aromatic N) is 6. The number of benzene rings is 6. The number of rotatable bonds is 22. The van der Waals surface area contributed by atoms with Crippen molar-refractivity contribution in [3.8, 4) is 69.0 Å². The third kappa shape index (κ3) is 26.3. The minimum atomic E-state index is -3.27. The van der Waals surface area contributed by atoms with Crippen molar-refractivity contribution in [1.29, 1.82) is 0 Å². The van der Waals surface area contributed by atoms with Gasteiger partial charge in [-0.1, -0.05) is 96.6 Å². The maximum atomic E-state index is 11.1. The summed E-state index contributed by atoms with van der Waals surface area (Å²) in [5.74, 6) is -10.8. The van der Waals surface area contributed by atoms with Crippen LogP contribution in [-0.2, 0) is 38.5 Å². The Kier molecular flexibility index (Phi) is 20.0. The lowest BCUT2D eigenvalue weighted by molar-refractivity contribution is -0.0259. The minimum absolute atomic E-state index is 0.000599. The van der Waals surface area contributed by atoms with Gasteiger partial charge < -0.3 is 87.5 Å². The number of hydrogen-bond donors (Lipinski definition) is 6. The standard InChI is InChI=1S/2C20H31NO3.4C19H29NO3/c2*1-20(2,3)11-14-12-21-7-6-13-8-18(23-4)19(24-5)9-15(13)16(21)10-17(14)22;4*1-12(2)7-14-11-20-6-5-13-8-18(22-3)19(23-4)9-15(13)16(20)10-17(14)21/h2*8-9,14,16-17,22H,6-7,10-12H2,1-5H3;4*8-9,12,14,16-17,21H,5-7,10-11H2,1-4H3/i1D3,2D3,5D3,8D,9D,11D2,16D;1D3,2D3,8D,9D,11D2,16D;4D3,8D,9D,10D2,14D,16D,17D;2*8D,9D,10D2,14D,16D,17D;4D3,8D,9D,16D. The minimum Gasteiger partial charge on any atom is -0.493 e. The van der Waals surface area contributed by atoms with Crippen LogP contribution in [0.2, 0.25) is 0 Å². The summed E-state index contributed by atoms with van der Waals surface area (Å²) in [6, 6.07) is -15.5. The first-order valence-corrected chi connectivity index (χ1v) is 47.6. The molecule has 12 heterocycles. The number of fused-ring (bicyclic) bond motifs is 18. The number of aliphatic hydroxyl groups is 6. The van der Waals surface area contributed by atoms with Gasteiger partial charge in [-0.2, -0.15) is 0 Å². The van der Waals surface area contributed by atoms with Gasteiger partial charge in [-0.05, 0) is 325 Å². The van der Waals surface area contributed by atoms with Crippen molar-refractivity contribution >= 4 is 0 Å². The van der Waals surface area contributed by atoms with Crippen LogP contribution in [0.1, 0.15) is 352 Å². The molecule has 0 aromatic heterocycles. The molecule has 24 heteroatoms. The predicted molar refractivity (Wildman–Crippen MR) is 556 cm³/mol. The topological polar surface area (TPSA) is 252 Å². The van der Waals surface area contributed by atoms with E-state index in [0.29, 0.717) is 36.6 Å². The molecule has 0 radical (unpaired) electrons. The molecule has 12 aliphatic heterocycles. The molecule has 6 aromatic rings. The van der Waals surface area contributed by atoms with Crippen LogP contribution in [0.25, 0.3) is 0 Å². The second-order valence-electron chi connectivity index (χ2n) is 38.7. The molecule has 0 spiro atoms. The van der Waals surface area contributed by atoms with Crippen LogP contribution in [0.15, 0.2) is 72.5 Å². The van der Waals surface area contributed by atoms with E-state index in [1.54, 1.807) is 13.8 Å². The molecule has 6 N–H and O–H groups in total. The second-order valence-corrected chi connectivity index (χ2v) is 38.7. The summed E-state index contributed by atoms with van der Waals surface area (Å²) in [5.41, 5.74) is -4.25. The van der Waals surface area contributed by atoms with Crippen molar-refractivity contribution < 1.29 is 163 Å². The smallest absolute Gasteiger partial charge is 0.161 e. The highest BCUT2D eigenvalue weighted by molar-refractivity contribution is 5.55. The third-order valence-corrected chi connectivity index (χ3v) is 26.2. The predicted octanol–water partition coefficient (Wildman–Crippen LogP) is 19.0. The SMILES string of the molecule is [2H]c1c2c(c([2H])c(OC([2H])([2H])[2H])c1OC)C1([2H])CC(O)C(C([2H])([2H])C(C)(C([2H])([2H])[2H])C([2H])([2H])[2H])CN1CC2.[2H]c1c2c(c([2H])c(OC([2H])([2H])[2H])c1OC)C1([2H])CC(O)C(CC(C)C)CN1CC2.[2H]c1c2c(c([2H])c(OC([2H])([2H])[2H])c1OC)C1([2H])N(CC2)CC([2H])(CC(C)C)C([2H])(O)C1([2H])[2H].[2H]c1c2c(c([2H])c(OC)c1OC)C1([2H])CC(O)C(C([2H])([2H])C(C)(C([2H])([2H])[2H])C([2H])([2H])[2H])CN1CC2.[2H]c1c2c(c([2H])c(OC)c1OC)C1([2H])N(CC2)CC([2H])(CC(C)C)C([2H])(O)C1([2H])[2H].[2H]c1c2c(c([2H])c(OC)c1OC)C1([2H])N(CC2)CC([2H])(CC(C)C)C([2H])(O)C1([2H])[2H]. The fraction of sp³-hybridized carbons (Fsp3) is 0.690. The zero-order chi connectivity index (χ0) is 149. The molecule has 780 valence electrons. The van der Waals surface area contributed by atoms with Crippen LogP contribution < -0.4 is 56.8 Å². The average molecular weight is 2000 g/mol. The number of aliphatic hydroxyl groups excluding tert-OH is 3. The molecule has 18 atom stereocenters. The fourth-order valence-corrected chi connectivity index (χ4v) is 19.9. The Balaban J connectivity index is 0.000000189. The normalized spacial score (nSPS) is 41.4. The molecule has 18 rings (SSSR count). The summed E-state index contributed by atoms with van der Waals surface area (Å²) in [6.45, 7) is 4.01. The van der Waals surface area contributed by atoms with E-state index in [0.717, 1.165) is 20.3 Å². The fourth-order valence-electron chi connectivity index (χ4n) is 19.9. The Hall–Kier alpha value is -7.56. The molecule has 12 aliphatic rings. The van der Waals surface area contributed by atoms with Crippen LogP contribution in [0.4, 0.5) is 0 Å². The van der Waals surface area contributed by atoms with E-state index in [4.69, 9.17) is 124 Å². The lowest BCUT2D eigenvalue weighted by atomic mass is 9.75. The first-order chi connectivity index (χ1) is 88.4. The Morgan fingerprint density at radius 3 is 0.721 bits per heavy atom. The van der Waals surface area contributed by atoms with Gasteiger partial charge in [0.2, 0.25) is 0 Å². The van der Waals surface area contributed by atoms with Crippen molar-refractivity contribution in [3.05, 3.63) is 139 Å². The van der Waals surface area contributed by atoms with E-state index >= 15 is 0 Å². The number of hydrogen-bond acceptors (Lipinski definition) is 24. The van der Waals surface area contributed by atoms with Crippen molar-refractivity contribution in [2.45, 2.75) is 285 Å². The lowest BCUT2D eigenvalue weighted by Crippen LogP contribution is -2.48. The van der Waals surface area contributed by atoms with Gasteiger partial charge in [-0.3, -0.25) is 29.4 Å². The van der Waals surface area contributed by atoms with Crippen molar-refractivity contribution in [3.63, 3.8) is 0 Å². The molecule has 24 nitrogen and oxygen atoms in total.